The molecular formula is C23H22O. The summed E-state index contributed by atoms with van der Waals surface area (Å²) in [5.41, 5.74) is 6.09. The molecule has 0 N–H and O–H groups in total. The van der Waals surface area contributed by atoms with Crippen molar-refractivity contribution in [1.82, 2.24) is 0 Å². The van der Waals surface area contributed by atoms with Crippen LogP contribution in [0.1, 0.15) is 29.2 Å². The van der Waals surface area contributed by atoms with E-state index in [1.54, 1.807) is 0 Å². The van der Waals surface area contributed by atoms with Gasteiger partial charge in [-0.25, -0.2) is 0 Å². The van der Waals surface area contributed by atoms with Crippen LogP contribution >= 0.6 is 0 Å². The molecule has 3 aromatic rings. The summed E-state index contributed by atoms with van der Waals surface area (Å²) in [5.74, 6) is 1.73. The van der Waals surface area contributed by atoms with Crippen LogP contribution in [0.15, 0.2) is 79.4 Å². The fourth-order valence-corrected chi connectivity index (χ4v) is 2.56. The van der Waals surface area contributed by atoms with E-state index in [1.165, 1.54) is 22.3 Å². The van der Waals surface area contributed by atoms with Gasteiger partial charge in [-0.3, -0.25) is 0 Å². The predicted octanol–water partition coefficient (Wildman–Crippen LogP) is 6.41. The Morgan fingerprint density at radius 3 is 1.71 bits per heavy atom. The molecule has 24 heavy (non-hydrogen) atoms. The van der Waals surface area contributed by atoms with Gasteiger partial charge in [0.1, 0.15) is 11.5 Å². The minimum Gasteiger partial charge on any atom is -0.457 e. The number of hydrogen-bond donors (Lipinski definition) is 0. The van der Waals surface area contributed by atoms with Gasteiger partial charge in [-0.05, 0) is 61.2 Å². The van der Waals surface area contributed by atoms with Crippen LogP contribution in [-0.2, 0) is 6.42 Å². The van der Waals surface area contributed by atoms with Crippen LogP contribution in [-0.4, -0.2) is 0 Å². The lowest BCUT2D eigenvalue weighted by molar-refractivity contribution is 0.482. The van der Waals surface area contributed by atoms with Crippen molar-refractivity contribution in [3.8, 4) is 11.5 Å². The van der Waals surface area contributed by atoms with E-state index >= 15 is 0 Å². The number of rotatable bonds is 5. The lowest BCUT2D eigenvalue weighted by atomic mass is 10.0. The molecule has 0 aliphatic carbocycles. The third kappa shape index (κ3) is 4.14. The van der Waals surface area contributed by atoms with Gasteiger partial charge < -0.3 is 4.74 Å². The highest BCUT2D eigenvalue weighted by Gasteiger charge is 2.01. The first-order valence-corrected chi connectivity index (χ1v) is 8.18. The van der Waals surface area contributed by atoms with Crippen molar-refractivity contribution < 1.29 is 4.74 Å². The Balaban J connectivity index is 1.65. The molecule has 1 heteroatoms. The number of benzene rings is 3. The van der Waals surface area contributed by atoms with E-state index in [0.29, 0.717) is 0 Å². The molecule has 0 aliphatic heterocycles. The van der Waals surface area contributed by atoms with Crippen LogP contribution in [0.5, 0.6) is 11.5 Å². The molecule has 3 rings (SSSR count). The summed E-state index contributed by atoms with van der Waals surface area (Å²) in [6.07, 6.45) is 0.918. The van der Waals surface area contributed by atoms with Gasteiger partial charge in [-0.15, -0.1) is 0 Å². The number of ether oxygens (including phenoxy) is 1. The number of allylic oxidation sites excluding steroid dienone is 1. The zero-order chi connectivity index (χ0) is 16.9. The van der Waals surface area contributed by atoms with Crippen molar-refractivity contribution in [2.45, 2.75) is 20.3 Å². The summed E-state index contributed by atoms with van der Waals surface area (Å²) in [6.45, 7) is 8.07. The Kier molecular flexibility index (Phi) is 4.81. The Bertz CT molecular complexity index is 809. The third-order valence-electron chi connectivity index (χ3n) is 4.04. The van der Waals surface area contributed by atoms with Crippen LogP contribution in [0, 0.1) is 6.92 Å². The fraction of sp³-hybridized carbons (Fsp3) is 0.130. The molecule has 0 saturated heterocycles. The second-order valence-electron chi connectivity index (χ2n) is 6.21. The van der Waals surface area contributed by atoms with Gasteiger partial charge in [0.2, 0.25) is 0 Å². The largest absolute Gasteiger partial charge is 0.457 e. The van der Waals surface area contributed by atoms with Gasteiger partial charge in [-0.1, -0.05) is 66.2 Å². The van der Waals surface area contributed by atoms with E-state index in [-0.39, 0.29) is 0 Å². The molecule has 0 unspecified atom stereocenters. The molecule has 3 aromatic carbocycles. The van der Waals surface area contributed by atoms with Crippen molar-refractivity contribution in [1.29, 1.82) is 0 Å². The van der Waals surface area contributed by atoms with Crippen LogP contribution < -0.4 is 4.74 Å². The molecule has 0 amide bonds. The summed E-state index contributed by atoms with van der Waals surface area (Å²) >= 11 is 0. The van der Waals surface area contributed by atoms with Gasteiger partial charge in [0.05, 0.1) is 0 Å². The monoisotopic (exact) mass is 314 g/mol. The quantitative estimate of drug-likeness (QED) is 0.528. The Labute approximate surface area is 144 Å². The molecule has 1 nitrogen and oxygen atoms in total. The highest BCUT2D eigenvalue weighted by molar-refractivity contribution is 5.61. The normalized spacial score (nSPS) is 10.4. The van der Waals surface area contributed by atoms with Crippen molar-refractivity contribution in [3.63, 3.8) is 0 Å². The average Bonchev–Trinajstić information content (AvgIpc) is 2.59. The Morgan fingerprint density at radius 1 is 0.750 bits per heavy atom. The van der Waals surface area contributed by atoms with Gasteiger partial charge in [-0.2, -0.15) is 0 Å². The zero-order valence-electron chi connectivity index (χ0n) is 14.3. The van der Waals surface area contributed by atoms with Crippen LogP contribution in [0.4, 0.5) is 0 Å². The number of aryl methyl sites for hydroxylation is 1. The molecule has 0 heterocycles. The first-order valence-electron chi connectivity index (χ1n) is 8.18. The summed E-state index contributed by atoms with van der Waals surface area (Å²) in [6, 6.07) is 25.0. The van der Waals surface area contributed by atoms with Gasteiger partial charge >= 0.3 is 0 Å². The summed E-state index contributed by atoms with van der Waals surface area (Å²) in [7, 11) is 0. The van der Waals surface area contributed by atoms with E-state index in [0.717, 1.165) is 23.5 Å². The van der Waals surface area contributed by atoms with Crippen molar-refractivity contribution in [2.24, 2.45) is 0 Å². The maximum absolute atomic E-state index is 5.87. The second kappa shape index (κ2) is 7.18. The SMILES string of the molecule is C=C(C)c1ccc(Cc2ccc(Oc3ccc(C)cc3)cc2)cc1. The van der Waals surface area contributed by atoms with Gasteiger partial charge in [0, 0.05) is 0 Å². The smallest absolute Gasteiger partial charge is 0.127 e. The molecule has 0 fully saturated rings. The third-order valence-corrected chi connectivity index (χ3v) is 4.04. The molecular weight excluding hydrogens is 292 g/mol. The van der Waals surface area contributed by atoms with Crippen LogP contribution in [0.3, 0.4) is 0 Å². The van der Waals surface area contributed by atoms with Crippen molar-refractivity contribution in [3.05, 3.63) is 102 Å². The topological polar surface area (TPSA) is 9.23 Å². The first-order chi connectivity index (χ1) is 11.6. The van der Waals surface area contributed by atoms with E-state index < -0.39 is 0 Å². The molecule has 0 atom stereocenters. The van der Waals surface area contributed by atoms with E-state index in [4.69, 9.17) is 4.74 Å². The van der Waals surface area contributed by atoms with Crippen LogP contribution in [0.2, 0.25) is 0 Å². The molecule has 0 aliphatic rings. The lowest BCUT2D eigenvalue weighted by Crippen LogP contribution is -1.90. The molecule has 120 valence electrons. The minimum absolute atomic E-state index is 0.861. The van der Waals surface area contributed by atoms with Gasteiger partial charge in [0.15, 0.2) is 0 Å². The van der Waals surface area contributed by atoms with E-state index in [1.807, 2.05) is 31.2 Å². The standard InChI is InChI=1S/C23H22O/c1-17(2)21-10-6-19(7-11-21)16-20-8-14-23(15-9-20)24-22-12-4-18(3)5-13-22/h4-15H,1,16H2,2-3H3. The fourth-order valence-electron chi connectivity index (χ4n) is 2.56. The highest BCUT2D eigenvalue weighted by Crippen LogP contribution is 2.23. The van der Waals surface area contributed by atoms with Gasteiger partial charge in [0.25, 0.3) is 0 Å². The Morgan fingerprint density at radius 2 is 1.21 bits per heavy atom. The first kappa shape index (κ1) is 16.1. The maximum Gasteiger partial charge on any atom is 0.127 e. The molecule has 0 bridgehead atoms. The number of hydrogen-bond acceptors (Lipinski definition) is 1. The lowest BCUT2D eigenvalue weighted by Gasteiger charge is -2.08. The van der Waals surface area contributed by atoms with Crippen molar-refractivity contribution in [2.75, 3.05) is 0 Å². The second-order valence-corrected chi connectivity index (χ2v) is 6.21. The minimum atomic E-state index is 0.861. The molecule has 0 saturated carbocycles. The summed E-state index contributed by atoms with van der Waals surface area (Å²) in [4.78, 5) is 0. The highest BCUT2D eigenvalue weighted by atomic mass is 16.5. The maximum atomic E-state index is 5.87. The summed E-state index contributed by atoms with van der Waals surface area (Å²) < 4.78 is 5.87. The van der Waals surface area contributed by atoms with E-state index in [2.05, 4.69) is 62.0 Å². The summed E-state index contributed by atoms with van der Waals surface area (Å²) in [5, 5.41) is 0. The molecule has 0 aromatic heterocycles. The van der Waals surface area contributed by atoms with E-state index in [9.17, 15) is 0 Å². The molecule has 0 radical (unpaired) electrons. The average molecular weight is 314 g/mol. The van der Waals surface area contributed by atoms with Crippen LogP contribution in [0.25, 0.3) is 5.57 Å². The zero-order valence-corrected chi connectivity index (χ0v) is 14.3. The Hall–Kier alpha value is -2.80. The predicted molar refractivity (Wildman–Crippen MR) is 102 cm³/mol. The molecule has 0 spiro atoms. The van der Waals surface area contributed by atoms with Crippen molar-refractivity contribution >= 4 is 5.57 Å².